The number of hydrogen-bond acceptors (Lipinski definition) is 4. The number of benzene rings is 2. The van der Waals surface area contributed by atoms with Gasteiger partial charge in [0.15, 0.2) is 6.33 Å². The van der Waals surface area contributed by atoms with E-state index < -0.39 is 0 Å². The number of nitrogens with zero attached hydrogens (tertiary/aromatic N) is 4. The lowest BCUT2D eigenvalue weighted by molar-refractivity contribution is 0.261. The van der Waals surface area contributed by atoms with Gasteiger partial charge in [-0.05, 0) is 52.9 Å². The van der Waals surface area contributed by atoms with Crippen molar-refractivity contribution in [3.05, 3.63) is 54.4 Å². The van der Waals surface area contributed by atoms with Gasteiger partial charge < -0.3 is 5.32 Å². The molecule has 1 saturated heterocycles. The van der Waals surface area contributed by atoms with Crippen LogP contribution in [0.3, 0.4) is 0 Å². The van der Waals surface area contributed by atoms with Crippen molar-refractivity contribution >= 4 is 10.8 Å². The van der Waals surface area contributed by atoms with Gasteiger partial charge in [-0.15, -0.1) is 10.2 Å². The second-order valence-corrected chi connectivity index (χ2v) is 5.91. The molecule has 5 heteroatoms. The molecule has 1 aliphatic rings. The first-order chi connectivity index (χ1) is 10.9. The first-order valence-electron chi connectivity index (χ1n) is 7.84. The zero-order chi connectivity index (χ0) is 14.8. The molecule has 2 aromatic carbocycles. The molecule has 1 aromatic heterocycles. The molecule has 0 amide bonds. The predicted molar refractivity (Wildman–Crippen MR) is 85.5 cm³/mol. The smallest absolute Gasteiger partial charge is 0.162 e. The van der Waals surface area contributed by atoms with E-state index >= 15 is 0 Å². The van der Waals surface area contributed by atoms with E-state index in [2.05, 4.69) is 63.2 Å². The van der Waals surface area contributed by atoms with E-state index in [0.717, 1.165) is 13.1 Å². The molecule has 2 atom stereocenters. The molecule has 1 N–H and O–H groups in total. The lowest BCUT2D eigenvalue weighted by atomic mass is 9.87. The summed E-state index contributed by atoms with van der Waals surface area (Å²) in [5.41, 5.74) is 1.26. The molecule has 1 fully saturated rings. The van der Waals surface area contributed by atoms with E-state index in [1.165, 1.54) is 35.5 Å². The summed E-state index contributed by atoms with van der Waals surface area (Å²) in [6.45, 7) is 2.10. The highest BCUT2D eigenvalue weighted by atomic mass is 15.6. The molecule has 1 unspecified atom stereocenters. The van der Waals surface area contributed by atoms with Crippen LogP contribution < -0.4 is 5.32 Å². The average molecular weight is 293 g/mol. The highest BCUT2D eigenvalue weighted by Crippen LogP contribution is 2.31. The van der Waals surface area contributed by atoms with Crippen LogP contribution in [0.1, 0.15) is 24.4 Å². The van der Waals surface area contributed by atoms with Crippen molar-refractivity contribution < 1.29 is 0 Å². The minimum Gasteiger partial charge on any atom is -0.316 e. The Hall–Kier alpha value is -2.27. The van der Waals surface area contributed by atoms with Crippen LogP contribution in [0.25, 0.3) is 10.8 Å². The Morgan fingerprint density at radius 2 is 2.05 bits per heavy atom. The molecule has 0 spiro atoms. The maximum absolute atomic E-state index is 4.31. The topological polar surface area (TPSA) is 55.6 Å². The number of hydrogen-bond donors (Lipinski definition) is 1. The van der Waals surface area contributed by atoms with Gasteiger partial charge in [-0.1, -0.05) is 36.4 Å². The molecule has 4 rings (SSSR count). The van der Waals surface area contributed by atoms with Crippen LogP contribution in [0.5, 0.6) is 0 Å². The van der Waals surface area contributed by atoms with Crippen molar-refractivity contribution in [1.29, 1.82) is 0 Å². The summed E-state index contributed by atoms with van der Waals surface area (Å²) >= 11 is 0. The van der Waals surface area contributed by atoms with Crippen LogP contribution in [-0.2, 0) is 0 Å². The molecular weight excluding hydrogens is 274 g/mol. The molecule has 1 aliphatic heterocycles. The van der Waals surface area contributed by atoms with Crippen molar-refractivity contribution in [1.82, 2.24) is 25.5 Å². The summed E-state index contributed by atoms with van der Waals surface area (Å²) in [6, 6.07) is 15.2. The van der Waals surface area contributed by atoms with Gasteiger partial charge in [0.25, 0.3) is 0 Å². The van der Waals surface area contributed by atoms with Crippen LogP contribution in [0.4, 0.5) is 0 Å². The van der Waals surface area contributed by atoms with Gasteiger partial charge in [-0.3, -0.25) is 0 Å². The third-order valence-corrected chi connectivity index (χ3v) is 4.51. The maximum Gasteiger partial charge on any atom is 0.162 e. The molecule has 0 aliphatic carbocycles. The fourth-order valence-corrected chi connectivity index (χ4v) is 3.44. The van der Waals surface area contributed by atoms with Gasteiger partial charge in [0.2, 0.25) is 0 Å². The van der Waals surface area contributed by atoms with Gasteiger partial charge in [-0.25, -0.2) is 0 Å². The SMILES string of the molecule is c1ccc2cc(C([C@H]3CCCNC3)n3ncnn3)ccc2c1. The Morgan fingerprint density at radius 1 is 1.14 bits per heavy atom. The van der Waals surface area contributed by atoms with Crippen molar-refractivity contribution in [3.63, 3.8) is 0 Å². The Labute approximate surface area is 129 Å². The monoisotopic (exact) mass is 293 g/mol. The summed E-state index contributed by atoms with van der Waals surface area (Å²) in [4.78, 5) is 1.77. The highest BCUT2D eigenvalue weighted by molar-refractivity contribution is 5.83. The summed E-state index contributed by atoms with van der Waals surface area (Å²) in [5, 5.41) is 18.4. The van der Waals surface area contributed by atoms with E-state index in [-0.39, 0.29) is 6.04 Å². The van der Waals surface area contributed by atoms with Crippen molar-refractivity contribution in [3.8, 4) is 0 Å². The molecule has 0 saturated carbocycles. The number of piperidine rings is 1. The largest absolute Gasteiger partial charge is 0.316 e. The van der Waals surface area contributed by atoms with Gasteiger partial charge in [0.05, 0.1) is 0 Å². The van der Waals surface area contributed by atoms with Crippen LogP contribution in [0.15, 0.2) is 48.8 Å². The number of rotatable bonds is 3. The van der Waals surface area contributed by atoms with Gasteiger partial charge in [0, 0.05) is 6.54 Å². The fraction of sp³-hybridized carbons (Fsp3) is 0.353. The minimum absolute atomic E-state index is 0.139. The third kappa shape index (κ3) is 2.48. The summed E-state index contributed by atoms with van der Waals surface area (Å²) in [5.74, 6) is 0.490. The van der Waals surface area contributed by atoms with E-state index in [1.807, 2.05) is 0 Å². The normalized spacial score (nSPS) is 20.1. The van der Waals surface area contributed by atoms with Crippen LogP contribution in [0, 0.1) is 5.92 Å². The Kier molecular flexibility index (Phi) is 3.56. The molecule has 2 heterocycles. The van der Waals surface area contributed by atoms with E-state index in [9.17, 15) is 0 Å². The van der Waals surface area contributed by atoms with Gasteiger partial charge in [-0.2, -0.15) is 4.80 Å². The van der Waals surface area contributed by atoms with Crippen molar-refractivity contribution in [2.24, 2.45) is 5.92 Å². The second-order valence-electron chi connectivity index (χ2n) is 5.91. The van der Waals surface area contributed by atoms with Crippen LogP contribution in [-0.4, -0.2) is 33.3 Å². The van der Waals surface area contributed by atoms with Crippen LogP contribution >= 0.6 is 0 Å². The summed E-state index contributed by atoms with van der Waals surface area (Å²) in [6.07, 6.45) is 3.90. The molecular formula is C17H19N5. The highest BCUT2D eigenvalue weighted by Gasteiger charge is 2.28. The Balaban J connectivity index is 1.78. The molecule has 112 valence electrons. The van der Waals surface area contributed by atoms with E-state index in [0.29, 0.717) is 5.92 Å². The number of aromatic nitrogens is 4. The zero-order valence-electron chi connectivity index (χ0n) is 12.4. The lowest BCUT2D eigenvalue weighted by Gasteiger charge is -2.30. The fourth-order valence-electron chi connectivity index (χ4n) is 3.44. The van der Waals surface area contributed by atoms with Gasteiger partial charge in [0.1, 0.15) is 6.04 Å². The minimum atomic E-state index is 0.139. The average Bonchev–Trinajstić information content (AvgIpc) is 3.10. The first-order valence-corrected chi connectivity index (χ1v) is 7.84. The summed E-state index contributed by atoms with van der Waals surface area (Å²) in [7, 11) is 0. The standard InChI is InChI=1S/C17H19N5/c1-2-5-14-10-15(8-7-13(14)4-1)17(22-20-12-19-21-22)16-6-3-9-18-11-16/h1-2,4-5,7-8,10,12,16-18H,3,6,9,11H2/t16-,17?/m0/s1. The zero-order valence-corrected chi connectivity index (χ0v) is 12.4. The van der Waals surface area contributed by atoms with Crippen LogP contribution in [0.2, 0.25) is 0 Å². The van der Waals surface area contributed by atoms with E-state index in [4.69, 9.17) is 0 Å². The molecule has 0 bridgehead atoms. The van der Waals surface area contributed by atoms with Crippen molar-refractivity contribution in [2.75, 3.05) is 13.1 Å². The summed E-state index contributed by atoms with van der Waals surface area (Å²) < 4.78 is 0. The van der Waals surface area contributed by atoms with Gasteiger partial charge >= 0.3 is 0 Å². The molecule has 3 aromatic rings. The maximum atomic E-state index is 4.31. The number of fused-ring (bicyclic) bond motifs is 1. The third-order valence-electron chi connectivity index (χ3n) is 4.51. The lowest BCUT2D eigenvalue weighted by Crippen LogP contribution is -2.36. The van der Waals surface area contributed by atoms with Crippen molar-refractivity contribution in [2.45, 2.75) is 18.9 Å². The predicted octanol–water partition coefficient (Wildman–Crippen LogP) is 2.42. The Bertz CT molecular complexity index is 747. The van der Waals surface area contributed by atoms with E-state index in [1.54, 1.807) is 4.80 Å². The quantitative estimate of drug-likeness (QED) is 0.806. The Morgan fingerprint density at radius 3 is 2.82 bits per heavy atom. The molecule has 5 nitrogen and oxygen atoms in total. The number of nitrogens with one attached hydrogen (secondary N) is 1. The number of tetrazole rings is 1. The molecule has 22 heavy (non-hydrogen) atoms. The first kappa shape index (κ1) is 13.4. The second kappa shape index (κ2) is 5.85. The molecule has 0 radical (unpaired) electrons.